The maximum Gasteiger partial charge on any atom is 0.184 e. The third-order valence-corrected chi connectivity index (χ3v) is 4.77. The van der Waals surface area contributed by atoms with E-state index >= 15 is 0 Å². The predicted octanol–water partition coefficient (Wildman–Crippen LogP) is 6.97. The van der Waals surface area contributed by atoms with Gasteiger partial charge >= 0.3 is 0 Å². The zero-order valence-corrected chi connectivity index (χ0v) is 16.0. The Hall–Kier alpha value is -1.96. The van der Waals surface area contributed by atoms with E-state index in [9.17, 15) is 0 Å². The highest BCUT2D eigenvalue weighted by atomic mass is 17.2. The van der Waals surface area contributed by atoms with Crippen LogP contribution in [0, 0.1) is 13.8 Å². The molecule has 2 aromatic carbocycles. The van der Waals surface area contributed by atoms with Crippen molar-refractivity contribution in [1.82, 2.24) is 0 Å². The molecule has 0 aromatic heterocycles. The van der Waals surface area contributed by atoms with Crippen LogP contribution in [0.3, 0.4) is 0 Å². The van der Waals surface area contributed by atoms with Crippen molar-refractivity contribution in [2.45, 2.75) is 72.1 Å². The van der Waals surface area contributed by atoms with Gasteiger partial charge in [0.1, 0.15) is 0 Å². The minimum Gasteiger partial charge on any atom is -0.290 e. The number of benzene rings is 2. The van der Waals surface area contributed by atoms with E-state index in [2.05, 4.69) is 32.9 Å². The van der Waals surface area contributed by atoms with Gasteiger partial charge in [-0.25, -0.2) is 0 Å². The average Bonchev–Trinajstić information content (AvgIpc) is 2.64. The van der Waals surface area contributed by atoms with Crippen LogP contribution in [0.25, 0.3) is 0 Å². The molecule has 136 valence electrons. The number of hydrogen-bond acceptors (Lipinski definition) is 2. The zero-order valence-electron chi connectivity index (χ0n) is 16.0. The summed E-state index contributed by atoms with van der Waals surface area (Å²) in [4.78, 5) is 11.3. The van der Waals surface area contributed by atoms with E-state index in [-0.39, 0.29) is 0 Å². The molecule has 0 N–H and O–H groups in total. The van der Waals surface area contributed by atoms with E-state index in [1.54, 1.807) is 0 Å². The second-order valence-corrected chi connectivity index (χ2v) is 6.85. The van der Waals surface area contributed by atoms with Gasteiger partial charge in [0, 0.05) is 0 Å². The fraction of sp³-hybridized carbons (Fsp3) is 0.478. The lowest BCUT2D eigenvalue weighted by atomic mass is 9.99. The summed E-state index contributed by atoms with van der Waals surface area (Å²) >= 11 is 0. The van der Waals surface area contributed by atoms with Crippen LogP contribution in [0.1, 0.15) is 68.6 Å². The molecule has 0 aliphatic rings. The Bertz CT molecular complexity index is 619. The summed E-state index contributed by atoms with van der Waals surface area (Å²) in [5, 5.41) is 0. The van der Waals surface area contributed by atoms with Gasteiger partial charge < -0.3 is 0 Å². The van der Waals surface area contributed by atoms with Gasteiger partial charge in [-0.05, 0) is 55.5 Å². The fourth-order valence-electron chi connectivity index (χ4n) is 3.00. The molecule has 0 radical (unpaired) electrons. The van der Waals surface area contributed by atoms with Crippen molar-refractivity contribution >= 4 is 0 Å². The van der Waals surface area contributed by atoms with Crippen LogP contribution < -0.4 is 9.78 Å². The monoisotopic (exact) mass is 340 g/mol. The number of aryl methyl sites for hydroxylation is 2. The minimum absolute atomic E-state index is 0.727. The van der Waals surface area contributed by atoms with Gasteiger partial charge in [-0.3, -0.25) is 9.78 Å². The van der Waals surface area contributed by atoms with Crippen LogP contribution >= 0.6 is 0 Å². The van der Waals surface area contributed by atoms with Crippen molar-refractivity contribution in [3.63, 3.8) is 0 Å². The van der Waals surface area contributed by atoms with Crippen molar-refractivity contribution in [2.24, 2.45) is 0 Å². The number of unbranched alkanes of at least 4 members (excludes halogenated alkanes) is 6. The number of hydrogen-bond donors (Lipinski definition) is 0. The summed E-state index contributed by atoms with van der Waals surface area (Å²) in [6, 6.07) is 14.0. The van der Waals surface area contributed by atoms with E-state index in [4.69, 9.17) is 9.78 Å². The fourth-order valence-corrected chi connectivity index (χ4v) is 3.00. The highest BCUT2D eigenvalue weighted by Gasteiger charge is 2.11. The van der Waals surface area contributed by atoms with Gasteiger partial charge in [0.05, 0.1) is 0 Å². The highest BCUT2D eigenvalue weighted by Crippen LogP contribution is 2.29. The lowest BCUT2D eigenvalue weighted by molar-refractivity contribution is -0.101. The van der Waals surface area contributed by atoms with Crippen LogP contribution in [0.2, 0.25) is 0 Å². The van der Waals surface area contributed by atoms with Gasteiger partial charge in [0.2, 0.25) is 0 Å². The SMILES string of the molecule is CCCCCCCCCc1ccc(C)c(C)c1OOc1ccccc1. The molecule has 0 saturated carbocycles. The van der Waals surface area contributed by atoms with Gasteiger partial charge in [0.25, 0.3) is 0 Å². The molecule has 0 bridgehead atoms. The molecule has 0 amide bonds. The maximum absolute atomic E-state index is 5.74. The van der Waals surface area contributed by atoms with Crippen LogP contribution in [-0.4, -0.2) is 0 Å². The molecule has 0 spiro atoms. The van der Waals surface area contributed by atoms with Gasteiger partial charge in [-0.15, -0.1) is 0 Å². The topological polar surface area (TPSA) is 18.5 Å². The Morgan fingerprint density at radius 3 is 2.12 bits per heavy atom. The number of para-hydroxylation sites is 1. The smallest absolute Gasteiger partial charge is 0.184 e. The minimum atomic E-state index is 0.727. The molecule has 0 atom stereocenters. The molecule has 0 aliphatic carbocycles. The largest absolute Gasteiger partial charge is 0.290 e. The molecule has 0 heterocycles. The van der Waals surface area contributed by atoms with Gasteiger partial charge in [0.15, 0.2) is 11.5 Å². The molecule has 0 fully saturated rings. The summed E-state index contributed by atoms with van der Waals surface area (Å²) in [5.41, 5.74) is 3.64. The third-order valence-electron chi connectivity index (χ3n) is 4.77. The summed E-state index contributed by atoms with van der Waals surface area (Å²) < 4.78 is 0. The highest BCUT2D eigenvalue weighted by molar-refractivity contribution is 5.45. The molecule has 25 heavy (non-hydrogen) atoms. The lowest BCUT2D eigenvalue weighted by Crippen LogP contribution is -2.06. The summed E-state index contributed by atoms with van der Waals surface area (Å²) in [6.07, 6.45) is 10.3. The molecule has 0 aliphatic heterocycles. The molecule has 2 aromatic rings. The van der Waals surface area contributed by atoms with Crippen LogP contribution in [0.15, 0.2) is 42.5 Å². The van der Waals surface area contributed by atoms with Crippen molar-refractivity contribution in [3.8, 4) is 11.5 Å². The Morgan fingerprint density at radius 1 is 0.720 bits per heavy atom. The number of rotatable bonds is 11. The Morgan fingerprint density at radius 2 is 1.40 bits per heavy atom. The first kappa shape index (κ1) is 19.4. The van der Waals surface area contributed by atoms with E-state index in [0.717, 1.165) is 23.5 Å². The zero-order chi connectivity index (χ0) is 17.9. The molecule has 2 nitrogen and oxygen atoms in total. The van der Waals surface area contributed by atoms with Crippen LogP contribution in [0.5, 0.6) is 11.5 Å². The summed E-state index contributed by atoms with van der Waals surface area (Å²) in [7, 11) is 0. The van der Waals surface area contributed by atoms with E-state index < -0.39 is 0 Å². The predicted molar refractivity (Wildman–Crippen MR) is 105 cm³/mol. The lowest BCUT2D eigenvalue weighted by Gasteiger charge is -2.14. The standard InChI is InChI=1S/C23H32O2/c1-4-5-6-7-8-9-11-14-21-18-17-19(2)20(3)23(21)25-24-22-15-12-10-13-16-22/h10,12-13,15-18H,4-9,11,14H2,1-3H3. The summed E-state index contributed by atoms with van der Waals surface area (Å²) in [5.74, 6) is 1.61. The Balaban J connectivity index is 1.90. The van der Waals surface area contributed by atoms with Crippen LogP contribution in [0.4, 0.5) is 0 Å². The van der Waals surface area contributed by atoms with E-state index in [0.29, 0.717) is 0 Å². The first-order valence-electron chi connectivity index (χ1n) is 9.71. The van der Waals surface area contributed by atoms with Gasteiger partial charge in [-0.2, -0.15) is 0 Å². The van der Waals surface area contributed by atoms with Crippen LogP contribution in [-0.2, 0) is 6.42 Å². The van der Waals surface area contributed by atoms with Crippen molar-refractivity contribution in [3.05, 3.63) is 59.2 Å². The average molecular weight is 341 g/mol. The van der Waals surface area contributed by atoms with Gasteiger partial charge in [-0.1, -0.05) is 75.8 Å². The molecule has 2 heteroatoms. The molecule has 0 saturated heterocycles. The first-order chi connectivity index (χ1) is 12.2. The normalized spacial score (nSPS) is 10.7. The summed E-state index contributed by atoms with van der Waals surface area (Å²) in [6.45, 7) is 6.48. The van der Waals surface area contributed by atoms with E-state index in [1.165, 1.54) is 56.1 Å². The van der Waals surface area contributed by atoms with Crippen molar-refractivity contribution in [1.29, 1.82) is 0 Å². The second-order valence-electron chi connectivity index (χ2n) is 6.85. The van der Waals surface area contributed by atoms with Crippen molar-refractivity contribution < 1.29 is 9.78 Å². The maximum atomic E-state index is 5.74. The molecule has 0 unspecified atom stereocenters. The second kappa shape index (κ2) is 10.8. The Kier molecular flexibility index (Phi) is 8.38. The van der Waals surface area contributed by atoms with E-state index in [1.807, 2.05) is 30.3 Å². The Labute approximate surface area is 153 Å². The van der Waals surface area contributed by atoms with Crippen molar-refractivity contribution in [2.75, 3.05) is 0 Å². The molecule has 2 rings (SSSR count). The third kappa shape index (κ3) is 6.45. The molecular formula is C23H32O2. The first-order valence-corrected chi connectivity index (χ1v) is 9.71. The quantitative estimate of drug-likeness (QED) is 0.250. The molecular weight excluding hydrogens is 308 g/mol.